The first-order chi connectivity index (χ1) is 10.8. The van der Waals surface area contributed by atoms with Crippen molar-refractivity contribution >= 4 is 19.7 Å². The molecule has 0 aliphatic carbocycles. The molecule has 2 unspecified atom stereocenters. The van der Waals surface area contributed by atoms with Crippen LogP contribution in [0.5, 0.6) is 0 Å². The van der Waals surface area contributed by atoms with Gasteiger partial charge in [-0.2, -0.15) is 0 Å². The molecular formula is C16H32O5S2. The molecule has 0 amide bonds. The Bertz CT molecular complexity index is 525. The standard InChI is InChI=1S/C16H32O5S2/c1-2-3-4-5-6-7-8-9-10-11-12-23(20,21)16-14-22(18,19)13-15(16)17/h15-17H,2-14H2,1H3. The summed E-state index contributed by atoms with van der Waals surface area (Å²) in [6.45, 7) is 2.20. The highest BCUT2D eigenvalue weighted by molar-refractivity contribution is 7.96. The van der Waals surface area contributed by atoms with Crippen molar-refractivity contribution in [2.24, 2.45) is 0 Å². The first-order valence-corrected chi connectivity index (χ1v) is 12.4. The third kappa shape index (κ3) is 7.98. The van der Waals surface area contributed by atoms with Crippen molar-refractivity contribution in [2.45, 2.75) is 82.5 Å². The van der Waals surface area contributed by atoms with Crippen molar-refractivity contribution in [3.8, 4) is 0 Å². The van der Waals surface area contributed by atoms with Crippen LogP contribution in [0.15, 0.2) is 0 Å². The lowest BCUT2D eigenvalue weighted by atomic mass is 10.1. The smallest absolute Gasteiger partial charge is 0.156 e. The van der Waals surface area contributed by atoms with Gasteiger partial charge in [0.15, 0.2) is 19.7 Å². The van der Waals surface area contributed by atoms with E-state index >= 15 is 0 Å². The average molecular weight is 369 g/mol. The summed E-state index contributed by atoms with van der Waals surface area (Å²) in [6.07, 6.45) is 9.92. The Kier molecular flexibility index (Phi) is 9.08. The number of hydrogen-bond acceptors (Lipinski definition) is 5. The minimum absolute atomic E-state index is 0.0131. The highest BCUT2D eigenvalue weighted by Gasteiger charge is 2.43. The van der Waals surface area contributed by atoms with Gasteiger partial charge in [0.2, 0.25) is 0 Å². The topological polar surface area (TPSA) is 88.5 Å². The summed E-state index contributed by atoms with van der Waals surface area (Å²) in [6, 6.07) is 0. The maximum Gasteiger partial charge on any atom is 0.156 e. The number of sulfone groups is 2. The number of rotatable bonds is 12. The molecule has 0 aromatic heterocycles. The molecular weight excluding hydrogens is 336 g/mol. The predicted molar refractivity (Wildman–Crippen MR) is 94.1 cm³/mol. The summed E-state index contributed by atoms with van der Waals surface area (Å²) in [4.78, 5) is 0. The van der Waals surface area contributed by atoms with Gasteiger partial charge in [0.25, 0.3) is 0 Å². The molecule has 1 heterocycles. The molecule has 0 aromatic carbocycles. The Labute approximate surface area is 141 Å². The minimum Gasteiger partial charge on any atom is -0.391 e. The highest BCUT2D eigenvalue weighted by Crippen LogP contribution is 2.21. The Morgan fingerprint density at radius 2 is 1.35 bits per heavy atom. The first-order valence-electron chi connectivity index (χ1n) is 8.88. The van der Waals surface area contributed by atoms with Crippen molar-refractivity contribution < 1.29 is 21.9 Å². The zero-order valence-electron chi connectivity index (χ0n) is 14.2. The lowest BCUT2D eigenvalue weighted by Gasteiger charge is -2.13. The minimum atomic E-state index is -3.52. The summed E-state index contributed by atoms with van der Waals surface area (Å²) < 4.78 is 47.1. The molecule has 1 fully saturated rings. The van der Waals surface area contributed by atoms with Crippen LogP contribution < -0.4 is 0 Å². The maximum atomic E-state index is 12.1. The van der Waals surface area contributed by atoms with E-state index in [0.717, 1.165) is 19.3 Å². The number of unbranched alkanes of at least 4 members (excludes halogenated alkanes) is 9. The van der Waals surface area contributed by atoms with E-state index in [-0.39, 0.29) is 5.75 Å². The van der Waals surface area contributed by atoms with Crippen LogP contribution in [0.2, 0.25) is 0 Å². The van der Waals surface area contributed by atoms with Crippen molar-refractivity contribution in [1.29, 1.82) is 0 Å². The fourth-order valence-corrected chi connectivity index (χ4v) is 7.75. The monoisotopic (exact) mass is 368 g/mol. The van der Waals surface area contributed by atoms with Gasteiger partial charge in [-0.15, -0.1) is 0 Å². The van der Waals surface area contributed by atoms with E-state index in [4.69, 9.17) is 0 Å². The van der Waals surface area contributed by atoms with Crippen LogP contribution in [-0.2, 0) is 19.7 Å². The Hall–Kier alpha value is -0.140. The molecule has 0 spiro atoms. The number of aliphatic hydroxyl groups excluding tert-OH is 1. The summed E-state index contributed by atoms with van der Waals surface area (Å²) in [5.74, 6) is -0.857. The maximum absolute atomic E-state index is 12.1. The van der Waals surface area contributed by atoms with E-state index in [9.17, 15) is 21.9 Å². The van der Waals surface area contributed by atoms with Gasteiger partial charge in [-0.25, -0.2) is 16.8 Å². The van der Waals surface area contributed by atoms with Crippen LogP contribution in [0, 0.1) is 0 Å². The zero-order valence-corrected chi connectivity index (χ0v) is 15.9. The molecule has 1 aliphatic rings. The molecule has 23 heavy (non-hydrogen) atoms. The van der Waals surface area contributed by atoms with Gasteiger partial charge in [0.1, 0.15) is 5.25 Å². The third-order valence-corrected chi connectivity index (χ3v) is 8.70. The fraction of sp³-hybridized carbons (Fsp3) is 1.00. The Balaban J connectivity index is 2.13. The van der Waals surface area contributed by atoms with E-state index in [2.05, 4.69) is 6.92 Å². The lowest BCUT2D eigenvalue weighted by Crippen LogP contribution is -2.34. The Morgan fingerprint density at radius 1 is 0.870 bits per heavy atom. The lowest BCUT2D eigenvalue weighted by molar-refractivity contribution is 0.204. The average Bonchev–Trinajstić information content (AvgIpc) is 2.75. The molecule has 0 bridgehead atoms. The highest BCUT2D eigenvalue weighted by atomic mass is 32.2. The molecule has 2 atom stereocenters. The van der Waals surface area contributed by atoms with Gasteiger partial charge in [0, 0.05) is 0 Å². The second-order valence-corrected chi connectivity index (χ2v) is 11.2. The van der Waals surface area contributed by atoms with Crippen LogP contribution in [0.1, 0.15) is 71.1 Å². The molecule has 1 N–H and O–H groups in total. The van der Waals surface area contributed by atoms with Gasteiger partial charge in [0.05, 0.1) is 23.4 Å². The van der Waals surface area contributed by atoms with Crippen molar-refractivity contribution in [2.75, 3.05) is 17.3 Å². The van der Waals surface area contributed by atoms with Gasteiger partial charge >= 0.3 is 0 Å². The number of aliphatic hydroxyl groups is 1. The van der Waals surface area contributed by atoms with Crippen LogP contribution in [0.4, 0.5) is 0 Å². The van der Waals surface area contributed by atoms with Gasteiger partial charge in [-0.1, -0.05) is 64.7 Å². The van der Waals surface area contributed by atoms with Crippen LogP contribution in [-0.4, -0.2) is 50.6 Å². The van der Waals surface area contributed by atoms with Crippen molar-refractivity contribution in [3.05, 3.63) is 0 Å². The van der Waals surface area contributed by atoms with Crippen molar-refractivity contribution in [1.82, 2.24) is 0 Å². The number of hydrogen-bond donors (Lipinski definition) is 1. The summed E-state index contributed by atoms with van der Waals surface area (Å²) >= 11 is 0. The summed E-state index contributed by atoms with van der Waals surface area (Å²) in [5, 5.41) is 8.54. The summed E-state index contributed by atoms with van der Waals surface area (Å²) in [7, 11) is -6.93. The van der Waals surface area contributed by atoms with Crippen LogP contribution in [0.3, 0.4) is 0 Å². The third-order valence-electron chi connectivity index (χ3n) is 4.52. The Morgan fingerprint density at radius 3 is 1.78 bits per heavy atom. The van der Waals surface area contributed by atoms with Crippen LogP contribution >= 0.6 is 0 Å². The van der Waals surface area contributed by atoms with Crippen LogP contribution in [0.25, 0.3) is 0 Å². The molecule has 0 aromatic rings. The molecule has 0 radical (unpaired) electrons. The van der Waals surface area contributed by atoms with Gasteiger partial charge in [-0.05, 0) is 6.42 Å². The summed E-state index contributed by atoms with van der Waals surface area (Å²) in [5.41, 5.74) is 0. The molecule has 138 valence electrons. The molecule has 1 aliphatic heterocycles. The van der Waals surface area contributed by atoms with E-state index < -0.39 is 42.5 Å². The van der Waals surface area contributed by atoms with E-state index in [0.29, 0.717) is 6.42 Å². The zero-order chi connectivity index (χ0) is 17.3. The van der Waals surface area contributed by atoms with E-state index in [1.807, 2.05) is 0 Å². The second-order valence-electron chi connectivity index (χ2n) is 6.73. The fourth-order valence-electron chi connectivity index (χ4n) is 3.08. The largest absolute Gasteiger partial charge is 0.391 e. The SMILES string of the molecule is CCCCCCCCCCCCS(=O)(=O)C1CS(=O)(=O)CC1O. The van der Waals surface area contributed by atoms with E-state index in [1.165, 1.54) is 38.5 Å². The van der Waals surface area contributed by atoms with Gasteiger partial charge < -0.3 is 5.11 Å². The molecule has 7 heteroatoms. The molecule has 0 saturated carbocycles. The normalized spacial score (nSPS) is 24.1. The molecule has 1 saturated heterocycles. The van der Waals surface area contributed by atoms with E-state index in [1.54, 1.807) is 0 Å². The first kappa shape index (κ1) is 20.9. The predicted octanol–water partition coefficient (Wildman–Crippen LogP) is 2.48. The molecule has 5 nitrogen and oxygen atoms in total. The molecule has 1 rings (SSSR count). The van der Waals surface area contributed by atoms with Crippen molar-refractivity contribution in [3.63, 3.8) is 0 Å². The second kappa shape index (κ2) is 9.99. The van der Waals surface area contributed by atoms with Gasteiger partial charge in [-0.3, -0.25) is 0 Å². The quantitative estimate of drug-likeness (QED) is 0.535.